The smallest absolute Gasteiger partial charge is 0.219 e. The zero-order chi connectivity index (χ0) is 14.2. The first-order chi connectivity index (χ1) is 9.31. The molecule has 0 bridgehead atoms. The van der Waals surface area contributed by atoms with Gasteiger partial charge in [-0.3, -0.25) is 4.79 Å². The molecule has 0 fully saturated rings. The van der Waals surface area contributed by atoms with Gasteiger partial charge in [0.15, 0.2) is 0 Å². The zero-order valence-electron chi connectivity index (χ0n) is 12.2. The molecule has 0 unspecified atom stereocenters. The van der Waals surface area contributed by atoms with Crippen LogP contribution >= 0.6 is 0 Å². The van der Waals surface area contributed by atoms with E-state index in [0.717, 1.165) is 77.2 Å². The molecule has 0 aromatic carbocycles. The van der Waals surface area contributed by atoms with Crippen LogP contribution in [0.15, 0.2) is 0 Å². The summed E-state index contributed by atoms with van der Waals surface area (Å²) in [5, 5.41) is 2.95. The number of hydrogen-bond acceptors (Lipinski definition) is 3. The Morgan fingerprint density at radius 2 is 1.53 bits per heavy atom. The number of hydrogen-bond donors (Lipinski definition) is 2. The second-order valence-corrected chi connectivity index (χ2v) is 5.03. The SMILES string of the molecule is NCCCCCCNC(=O)CCCCCCCC=O. The van der Waals surface area contributed by atoms with E-state index >= 15 is 0 Å². The summed E-state index contributed by atoms with van der Waals surface area (Å²) in [5.41, 5.74) is 5.41. The van der Waals surface area contributed by atoms with Crippen LogP contribution in [-0.2, 0) is 9.59 Å². The summed E-state index contributed by atoms with van der Waals surface area (Å²) < 4.78 is 0. The second kappa shape index (κ2) is 15.2. The normalized spacial score (nSPS) is 10.4. The number of nitrogens with one attached hydrogen (secondary N) is 1. The Balaban J connectivity index is 3.14. The van der Waals surface area contributed by atoms with Gasteiger partial charge in [0, 0.05) is 19.4 Å². The molecule has 0 aliphatic rings. The minimum atomic E-state index is 0.173. The van der Waals surface area contributed by atoms with Gasteiger partial charge < -0.3 is 15.8 Å². The maximum absolute atomic E-state index is 11.5. The molecule has 4 heteroatoms. The number of carbonyl (C=O) groups is 2. The second-order valence-electron chi connectivity index (χ2n) is 5.03. The van der Waals surface area contributed by atoms with Crippen LogP contribution in [0.3, 0.4) is 0 Å². The van der Waals surface area contributed by atoms with Gasteiger partial charge in [0.2, 0.25) is 5.91 Å². The first-order valence-corrected chi connectivity index (χ1v) is 7.71. The molecule has 3 N–H and O–H groups in total. The van der Waals surface area contributed by atoms with Crippen LogP contribution in [0, 0.1) is 0 Å². The molecule has 19 heavy (non-hydrogen) atoms. The van der Waals surface area contributed by atoms with Crippen molar-refractivity contribution in [2.75, 3.05) is 13.1 Å². The number of unbranched alkanes of at least 4 members (excludes halogenated alkanes) is 8. The van der Waals surface area contributed by atoms with Gasteiger partial charge in [-0.05, 0) is 32.2 Å². The summed E-state index contributed by atoms with van der Waals surface area (Å²) in [7, 11) is 0. The van der Waals surface area contributed by atoms with Crippen molar-refractivity contribution in [3.8, 4) is 0 Å². The van der Waals surface area contributed by atoms with Gasteiger partial charge in [0.25, 0.3) is 0 Å². The van der Waals surface area contributed by atoms with E-state index in [4.69, 9.17) is 5.73 Å². The summed E-state index contributed by atoms with van der Waals surface area (Å²) in [6.07, 6.45) is 12.0. The molecule has 0 aliphatic carbocycles. The highest BCUT2D eigenvalue weighted by atomic mass is 16.1. The Kier molecular flexibility index (Phi) is 14.4. The Hall–Kier alpha value is -0.900. The first-order valence-electron chi connectivity index (χ1n) is 7.71. The van der Waals surface area contributed by atoms with Crippen LogP contribution in [0.2, 0.25) is 0 Å². The largest absolute Gasteiger partial charge is 0.356 e. The van der Waals surface area contributed by atoms with Crippen molar-refractivity contribution in [1.29, 1.82) is 0 Å². The molecule has 0 heterocycles. The Labute approximate surface area is 117 Å². The van der Waals surface area contributed by atoms with Gasteiger partial charge >= 0.3 is 0 Å². The van der Waals surface area contributed by atoms with E-state index in [1.807, 2.05) is 0 Å². The van der Waals surface area contributed by atoms with Gasteiger partial charge in [-0.1, -0.05) is 32.1 Å². The number of rotatable bonds is 14. The lowest BCUT2D eigenvalue weighted by Gasteiger charge is -2.05. The lowest BCUT2D eigenvalue weighted by atomic mass is 10.1. The topological polar surface area (TPSA) is 72.2 Å². The predicted molar refractivity (Wildman–Crippen MR) is 78.9 cm³/mol. The molecule has 0 radical (unpaired) electrons. The van der Waals surface area contributed by atoms with Crippen molar-refractivity contribution in [3.05, 3.63) is 0 Å². The van der Waals surface area contributed by atoms with Gasteiger partial charge in [0.1, 0.15) is 6.29 Å². The van der Waals surface area contributed by atoms with E-state index in [1.54, 1.807) is 0 Å². The van der Waals surface area contributed by atoms with E-state index in [1.165, 1.54) is 0 Å². The molecule has 0 saturated heterocycles. The third-order valence-electron chi connectivity index (χ3n) is 3.18. The minimum Gasteiger partial charge on any atom is -0.356 e. The summed E-state index contributed by atoms with van der Waals surface area (Å²) in [4.78, 5) is 21.6. The third kappa shape index (κ3) is 15.0. The van der Waals surface area contributed by atoms with Gasteiger partial charge in [-0.2, -0.15) is 0 Å². The average Bonchev–Trinajstić information content (AvgIpc) is 2.41. The molecule has 0 spiro atoms. The lowest BCUT2D eigenvalue weighted by Crippen LogP contribution is -2.23. The number of aldehydes is 1. The van der Waals surface area contributed by atoms with Crippen LogP contribution in [0.4, 0.5) is 0 Å². The Morgan fingerprint density at radius 3 is 2.26 bits per heavy atom. The molecule has 0 atom stereocenters. The fourth-order valence-electron chi connectivity index (χ4n) is 1.98. The first kappa shape index (κ1) is 18.1. The summed E-state index contributed by atoms with van der Waals surface area (Å²) in [6.45, 7) is 1.56. The van der Waals surface area contributed by atoms with E-state index in [-0.39, 0.29) is 5.91 Å². The van der Waals surface area contributed by atoms with Crippen LogP contribution in [0.1, 0.15) is 70.6 Å². The van der Waals surface area contributed by atoms with Gasteiger partial charge in [0.05, 0.1) is 0 Å². The fourth-order valence-corrected chi connectivity index (χ4v) is 1.98. The fraction of sp³-hybridized carbons (Fsp3) is 0.867. The van der Waals surface area contributed by atoms with Crippen molar-refractivity contribution in [2.24, 2.45) is 5.73 Å². The van der Waals surface area contributed by atoms with E-state index in [0.29, 0.717) is 12.8 Å². The van der Waals surface area contributed by atoms with Crippen LogP contribution in [0.5, 0.6) is 0 Å². The summed E-state index contributed by atoms with van der Waals surface area (Å²) in [5.74, 6) is 0.173. The monoisotopic (exact) mass is 270 g/mol. The van der Waals surface area contributed by atoms with Crippen molar-refractivity contribution in [1.82, 2.24) is 5.32 Å². The number of carbonyl (C=O) groups excluding carboxylic acids is 2. The van der Waals surface area contributed by atoms with Crippen molar-refractivity contribution in [3.63, 3.8) is 0 Å². The molecular weight excluding hydrogens is 240 g/mol. The van der Waals surface area contributed by atoms with E-state index in [9.17, 15) is 9.59 Å². The predicted octanol–water partition coefficient (Wildman–Crippen LogP) is 2.55. The van der Waals surface area contributed by atoms with Gasteiger partial charge in [-0.15, -0.1) is 0 Å². The number of nitrogens with two attached hydrogens (primary N) is 1. The average molecular weight is 270 g/mol. The van der Waals surface area contributed by atoms with Crippen molar-refractivity contribution < 1.29 is 9.59 Å². The zero-order valence-corrected chi connectivity index (χ0v) is 12.2. The molecular formula is C15H30N2O2. The maximum Gasteiger partial charge on any atom is 0.219 e. The number of amides is 1. The van der Waals surface area contributed by atoms with Crippen LogP contribution in [0.25, 0.3) is 0 Å². The quantitative estimate of drug-likeness (QED) is 0.376. The summed E-state index contributed by atoms with van der Waals surface area (Å²) in [6, 6.07) is 0. The highest BCUT2D eigenvalue weighted by molar-refractivity contribution is 5.75. The molecule has 0 rings (SSSR count). The lowest BCUT2D eigenvalue weighted by molar-refractivity contribution is -0.121. The molecule has 112 valence electrons. The van der Waals surface area contributed by atoms with Crippen molar-refractivity contribution >= 4 is 12.2 Å². The van der Waals surface area contributed by atoms with Gasteiger partial charge in [-0.25, -0.2) is 0 Å². The van der Waals surface area contributed by atoms with Crippen LogP contribution < -0.4 is 11.1 Å². The molecule has 0 saturated carbocycles. The molecule has 0 aromatic rings. The van der Waals surface area contributed by atoms with Crippen LogP contribution in [-0.4, -0.2) is 25.3 Å². The molecule has 4 nitrogen and oxygen atoms in total. The highest BCUT2D eigenvalue weighted by Crippen LogP contribution is 2.06. The third-order valence-corrected chi connectivity index (χ3v) is 3.18. The van der Waals surface area contributed by atoms with Crippen molar-refractivity contribution in [2.45, 2.75) is 70.6 Å². The van der Waals surface area contributed by atoms with E-state index < -0.39 is 0 Å². The molecule has 0 aliphatic heterocycles. The summed E-state index contributed by atoms with van der Waals surface area (Å²) >= 11 is 0. The molecule has 0 aromatic heterocycles. The molecule has 1 amide bonds. The Bertz CT molecular complexity index is 220. The Morgan fingerprint density at radius 1 is 0.895 bits per heavy atom. The van der Waals surface area contributed by atoms with E-state index in [2.05, 4.69) is 5.32 Å². The maximum atomic E-state index is 11.5. The highest BCUT2D eigenvalue weighted by Gasteiger charge is 2.00. The minimum absolute atomic E-state index is 0.173. The standard InChI is InChI=1S/C15H30N2O2/c16-12-8-4-5-9-13-17-15(19)11-7-3-1-2-6-10-14-18/h14H,1-13,16H2,(H,17,19).